The number of ether oxygens (including phenoxy) is 1. The molecule has 25 heavy (non-hydrogen) atoms. The van der Waals surface area contributed by atoms with E-state index in [1.807, 2.05) is 23.1 Å². The molecule has 0 unspecified atom stereocenters. The smallest absolute Gasteiger partial charge is 0.260 e. The Morgan fingerprint density at radius 2 is 1.88 bits per heavy atom. The zero-order chi connectivity index (χ0) is 17.2. The molecule has 1 aromatic rings. The first-order valence-electron chi connectivity index (χ1n) is 9.11. The van der Waals surface area contributed by atoms with Crippen LogP contribution in [-0.2, 0) is 10.2 Å². The van der Waals surface area contributed by atoms with Crippen molar-refractivity contribution in [1.82, 2.24) is 10.2 Å². The van der Waals surface area contributed by atoms with Crippen LogP contribution in [0.2, 0.25) is 0 Å². The van der Waals surface area contributed by atoms with Gasteiger partial charge in [0.1, 0.15) is 5.75 Å². The van der Waals surface area contributed by atoms with Crippen LogP contribution in [0.1, 0.15) is 45.6 Å². The highest BCUT2D eigenvalue weighted by Crippen LogP contribution is 2.37. The molecule has 5 heteroatoms. The number of carbonyl (C=O) groups is 1. The molecule has 1 amide bonds. The molecule has 0 saturated carbocycles. The molecular weight excluding hydrogens is 336 g/mol. The molecule has 1 N–H and O–H groups in total. The summed E-state index contributed by atoms with van der Waals surface area (Å²) in [7, 11) is 0. The topological polar surface area (TPSA) is 41.6 Å². The van der Waals surface area contributed by atoms with Crippen molar-refractivity contribution in [1.29, 1.82) is 0 Å². The van der Waals surface area contributed by atoms with E-state index in [2.05, 4.69) is 32.2 Å². The normalized spacial score (nSPS) is 19.6. The van der Waals surface area contributed by atoms with Crippen LogP contribution in [0, 0.1) is 5.41 Å². The predicted molar refractivity (Wildman–Crippen MR) is 104 cm³/mol. The standard InChI is InChI=1S/C20H30N2O2.ClH/c1-19(2,3)16-6-4-5-7-17(16)24-14-18(23)22-12-9-20(10-13-22)8-11-21-15-20;/h4-7,21H,8-15H2,1-3H3;1H. The quantitative estimate of drug-likeness (QED) is 0.891. The number of para-hydroxylation sites is 1. The van der Waals surface area contributed by atoms with E-state index in [1.165, 1.54) is 6.42 Å². The summed E-state index contributed by atoms with van der Waals surface area (Å²) in [5.41, 5.74) is 1.59. The van der Waals surface area contributed by atoms with Crippen LogP contribution < -0.4 is 10.1 Å². The van der Waals surface area contributed by atoms with Gasteiger partial charge in [-0.15, -0.1) is 12.4 Å². The van der Waals surface area contributed by atoms with E-state index in [1.54, 1.807) is 0 Å². The molecule has 1 spiro atoms. The van der Waals surface area contributed by atoms with Crippen molar-refractivity contribution in [2.24, 2.45) is 5.41 Å². The Morgan fingerprint density at radius 1 is 1.20 bits per heavy atom. The fourth-order valence-corrected chi connectivity index (χ4v) is 3.90. The van der Waals surface area contributed by atoms with Crippen molar-refractivity contribution in [2.45, 2.75) is 45.4 Å². The van der Waals surface area contributed by atoms with Gasteiger partial charge in [-0.3, -0.25) is 4.79 Å². The molecule has 2 heterocycles. The van der Waals surface area contributed by atoms with Gasteiger partial charge in [-0.2, -0.15) is 0 Å². The lowest BCUT2D eigenvalue weighted by molar-refractivity contribution is -0.135. The molecule has 0 aromatic heterocycles. The molecule has 1 aromatic carbocycles. The fourth-order valence-electron chi connectivity index (χ4n) is 3.90. The molecule has 140 valence electrons. The van der Waals surface area contributed by atoms with Crippen molar-refractivity contribution in [3.63, 3.8) is 0 Å². The van der Waals surface area contributed by atoms with E-state index >= 15 is 0 Å². The summed E-state index contributed by atoms with van der Waals surface area (Å²) in [4.78, 5) is 14.5. The summed E-state index contributed by atoms with van der Waals surface area (Å²) in [5.74, 6) is 0.936. The number of likely N-dealkylation sites (tertiary alicyclic amines) is 1. The van der Waals surface area contributed by atoms with Crippen LogP contribution in [0.25, 0.3) is 0 Å². The van der Waals surface area contributed by atoms with Crippen LogP contribution in [0.4, 0.5) is 0 Å². The summed E-state index contributed by atoms with van der Waals surface area (Å²) < 4.78 is 5.89. The molecule has 3 rings (SSSR count). The Morgan fingerprint density at radius 3 is 2.48 bits per heavy atom. The number of amides is 1. The number of nitrogens with one attached hydrogen (secondary N) is 1. The minimum absolute atomic E-state index is 0. The minimum Gasteiger partial charge on any atom is -0.483 e. The average Bonchev–Trinajstić information content (AvgIpc) is 3.01. The summed E-state index contributed by atoms with van der Waals surface area (Å²) in [6.45, 7) is 10.6. The highest BCUT2D eigenvalue weighted by molar-refractivity contribution is 5.85. The third kappa shape index (κ3) is 4.68. The van der Waals surface area contributed by atoms with Gasteiger partial charge in [0, 0.05) is 19.6 Å². The number of hydrogen-bond acceptors (Lipinski definition) is 3. The van der Waals surface area contributed by atoms with Crippen molar-refractivity contribution in [2.75, 3.05) is 32.8 Å². The number of carbonyl (C=O) groups excluding carboxylic acids is 1. The van der Waals surface area contributed by atoms with Crippen LogP contribution in [-0.4, -0.2) is 43.6 Å². The SMILES string of the molecule is CC(C)(C)c1ccccc1OCC(=O)N1CCC2(CCNC2)CC1.Cl. The second-order valence-electron chi connectivity index (χ2n) is 8.34. The molecule has 2 saturated heterocycles. The predicted octanol–water partition coefficient (Wildman–Crippen LogP) is 3.39. The van der Waals surface area contributed by atoms with Gasteiger partial charge in [0.15, 0.2) is 6.61 Å². The largest absolute Gasteiger partial charge is 0.483 e. The first-order chi connectivity index (χ1) is 11.4. The number of piperidine rings is 1. The molecule has 0 radical (unpaired) electrons. The van der Waals surface area contributed by atoms with Crippen molar-refractivity contribution >= 4 is 18.3 Å². The summed E-state index contributed by atoms with van der Waals surface area (Å²) in [5, 5.41) is 3.47. The van der Waals surface area contributed by atoms with Gasteiger partial charge >= 0.3 is 0 Å². The van der Waals surface area contributed by atoms with Crippen LogP contribution in [0.5, 0.6) is 5.75 Å². The first kappa shape index (κ1) is 20.1. The van der Waals surface area contributed by atoms with E-state index < -0.39 is 0 Å². The molecule has 2 fully saturated rings. The lowest BCUT2D eigenvalue weighted by atomic mass is 9.78. The maximum atomic E-state index is 12.5. The third-order valence-electron chi connectivity index (χ3n) is 5.56. The Labute approximate surface area is 157 Å². The maximum Gasteiger partial charge on any atom is 0.260 e. The Bertz CT molecular complexity index is 582. The van der Waals surface area contributed by atoms with Gasteiger partial charge in [-0.1, -0.05) is 39.0 Å². The van der Waals surface area contributed by atoms with Crippen LogP contribution in [0.3, 0.4) is 0 Å². The lowest BCUT2D eigenvalue weighted by Gasteiger charge is -2.38. The molecule has 2 aliphatic heterocycles. The van der Waals surface area contributed by atoms with E-state index in [0.717, 1.165) is 50.3 Å². The second-order valence-corrected chi connectivity index (χ2v) is 8.34. The van der Waals surface area contributed by atoms with Gasteiger partial charge < -0.3 is 15.0 Å². The van der Waals surface area contributed by atoms with Gasteiger partial charge in [-0.25, -0.2) is 0 Å². The average molecular weight is 367 g/mol. The van der Waals surface area contributed by atoms with E-state index in [-0.39, 0.29) is 30.3 Å². The van der Waals surface area contributed by atoms with Crippen LogP contribution >= 0.6 is 12.4 Å². The number of hydrogen-bond donors (Lipinski definition) is 1. The number of nitrogens with zero attached hydrogens (tertiary/aromatic N) is 1. The summed E-state index contributed by atoms with van der Waals surface area (Å²) >= 11 is 0. The van der Waals surface area contributed by atoms with Crippen molar-refractivity contribution in [3.8, 4) is 5.75 Å². The van der Waals surface area contributed by atoms with Gasteiger partial charge in [0.05, 0.1) is 0 Å². The van der Waals surface area contributed by atoms with E-state index in [9.17, 15) is 4.79 Å². The zero-order valence-corrected chi connectivity index (χ0v) is 16.5. The molecular formula is C20H31ClN2O2. The third-order valence-corrected chi connectivity index (χ3v) is 5.56. The highest BCUT2D eigenvalue weighted by atomic mass is 35.5. The molecule has 2 aliphatic rings. The van der Waals surface area contributed by atoms with Gasteiger partial charge in [0.2, 0.25) is 0 Å². The highest BCUT2D eigenvalue weighted by Gasteiger charge is 2.38. The van der Waals surface area contributed by atoms with Crippen molar-refractivity contribution < 1.29 is 9.53 Å². The maximum absolute atomic E-state index is 12.5. The zero-order valence-electron chi connectivity index (χ0n) is 15.6. The summed E-state index contributed by atoms with van der Waals surface area (Å²) in [6.07, 6.45) is 3.49. The number of rotatable bonds is 3. The van der Waals surface area contributed by atoms with Gasteiger partial charge in [-0.05, 0) is 48.3 Å². The Hall–Kier alpha value is -1.26. The number of benzene rings is 1. The minimum atomic E-state index is 0. The monoisotopic (exact) mass is 366 g/mol. The van der Waals surface area contributed by atoms with Gasteiger partial charge in [0.25, 0.3) is 5.91 Å². The molecule has 0 aliphatic carbocycles. The Kier molecular flexibility index (Phi) is 6.39. The lowest BCUT2D eigenvalue weighted by Crippen LogP contribution is -2.45. The molecule has 0 bridgehead atoms. The Balaban J connectivity index is 0.00000225. The van der Waals surface area contributed by atoms with Crippen LogP contribution in [0.15, 0.2) is 24.3 Å². The molecule has 0 atom stereocenters. The fraction of sp³-hybridized carbons (Fsp3) is 0.650. The van der Waals surface area contributed by atoms with E-state index in [0.29, 0.717) is 5.41 Å². The molecule has 4 nitrogen and oxygen atoms in total. The van der Waals surface area contributed by atoms with E-state index in [4.69, 9.17) is 4.74 Å². The second kappa shape index (κ2) is 7.96. The number of halogens is 1. The first-order valence-corrected chi connectivity index (χ1v) is 9.11. The van der Waals surface area contributed by atoms with Crippen molar-refractivity contribution in [3.05, 3.63) is 29.8 Å². The summed E-state index contributed by atoms with van der Waals surface area (Å²) in [6, 6.07) is 8.03.